The molecule has 1 nitrogen and oxygen atoms in total. The van der Waals surface area contributed by atoms with Crippen LogP contribution in [0.4, 0.5) is 0 Å². The molecule has 3 rings (SSSR count). The molecular formula is C13H13BrO. The van der Waals surface area contributed by atoms with Gasteiger partial charge in [0.2, 0.25) is 0 Å². The molecule has 0 N–H and O–H groups in total. The van der Waals surface area contributed by atoms with Crippen LogP contribution >= 0.6 is 15.9 Å². The highest BCUT2D eigenvalue weighted by Gasteiger charge is 2.40. The highest BCUT2D eigenvalue weighted by molar-refractivity contribution is 9.09. The first-order valence-electron chi connectivity index (χ1n) is 5.35. The Bertz CT molecular complexity index is 500. The largest absolute Gasteiger partial charge is 0.461 e. The van der Waals surface area contributed by atoms with E-state index in [0.29, 0.717) is 5.92 Å². The number of alkyl halides is 1. The Labute approximate surface area is 97.6 Å². The summed E-state index contributed by atoms with van der Waals surface area (Å²) in [6, 6.07) is 8.35. The number of benzene rings is 1. The second-order valence-electron chi connectivity index (χ2n) is 4.32. The molecule has 0 radical (unpaired) electrons. The van der Waals surface area contributed by atoms with Gasteiger partial charge in [-0.15, -0.1) is 0 Å². The van der Waals surface area contributed by atoms with Crippen molar-refractivity contribution in [1.82, 2.24) is 0 Å². The zero-order valence-corrected chi connectivity index (χ0v) is 10.3. The first-order chi connectivity index (χ1) is 7.31. The molecule has 1 aromatic heterocycles. The highest BCUT2D eigenvalue weighted by Crippen LogP contribution is 2.51. The topological polar surface area (TPSA) is 13.1 Å². The van der Waals surface area contributed by atoms with Gasteiger partial charge in [-0.05, 0) is 31.2 Å². The van der Waals surface area contributed by atoms with Gasteiger partial charge in [-0.1, -0.05) is 34.1 Å². The van der Waals surface area contributed by atoms with E-state index in [1.807, 2.05) is 6.07 Å². The molecule has 0 amide bonds. The summed E-state index contributed by atoms with van der Waals surface area (Å²) in [4.78, 5) is 0. The maximum Gasteiger partial charge on any atom is 0.134 e. The number of furan rings is 1. The van der Waals surface area contributed by atoms with Crippen LogP contribution in [-0.4, -0.2) is 5.33 Å². The standard InChI is InChI=1S/C13H13BrO/c1-8-13(11-6-9(11)7-14)10-4-2-3-5-12(10)15-8/h2-5,9,11H,6-7H2,1H3. The number of para-hydroxylation sites is 1. The van der Waals surface area contributed by atoms with Crippen LogP contribution in [0.1, 0.15) is 23.7 Å². The molecule has 0 aliphatic heterocycles. The van der Waals surface area contributed by atoms with Gasteiger partial charge >= 0.3 is 0 Å². The van der Waals surface area contributed by atoms with Crippen LogP contribution in [0, 0.1) is 12.8 Å². The summed E-state index contributed by atoms with van der Waals surface area (Å²) in [6.07, 6.45) is 1.30. The van der Waals surface area contributed by atoms with Gasteiger partial charge < -0.3 is 4.42 Å². The first kappa shape index (κ1) is 9.46. The zero-order valence-electron chi connectivity index (χ0n) is 8.66. The predicted molar refractivity (Wildman–Crippen MR) is 65.6 cm³/mol. The molecule has 2 heteroatoms. The lowest BCUT2D eigenvalue weighted by atomic mass is 10.1. The van der Waals surface area contributed by atoms with E-state index in [-0.39, 0.29) is 0 Å². The summed E-state index contributed by atoms with van der Waals surface area (Å²) in [5, 5.41) is 2.42. The molecule has 1 heterocycles. The Kier molecular flexibility index (Phi) is 2.13. The number of aryl methyl sites for hydroxylation is 1. The van der Waals surface area contributed by atoms with Gasteiger partial charge in [0.05, 0.1) is 0 Å². The summed E-state index contributed by atoms with van der Waals surface area (Å²) >= 11 is 3.56. The van der Waals surface area contributed by atoms with Crippen LogP contribution in [0.2, 0.25) is 0 Å². The second-order valence-corrected chi connectivity index (χ2v) is 4.97. The molecule has 78 valence electrons. The minimum absolute atomic E-state index is 0.716. The van der Waals surface area contributed by atoms with E-state index in [1.54, 1.807) is 0 Å². The SMILES string of the molecule is Cc1oc2ccccc2c1C1CC1CBr. The van der Waals surface area contributed by atoms with Gasteiger partial charge in [0.15, 0.2) is 0 Å². The zero-order chi connectivity index (χ0) is 10.4. The van der Waals surface area contributed by atoms with Crippen molar-refractivity contribution in [3.8, 4) is 0 Å². The van der Waals surface area contributed by atoms with Gasteiger partial charge in [0.1, 0.15) is 11.3 Å². The Morgan fingerprint density at radius 2 is 2.20 bits per heavy atom. The van der Waals surface area contributed by atoms with Crippen molar-refractivity contribution in [2.75, 3.05) is 5.33 Å². The lowest BCUT2D eigenvalue weighted by Gasteiger charge is -1.96. The smallest absolute Gasteiger partial charge is 0.134 e. The normalized spacial score (nSPS) is 24.7. The summed E-state index contributed by atoms with van der Waals surface area (Å²) < 4.78 is 5.78. The molecule has 2 atom stereocenters. The molecule has 1 fully saturated rings. The van der Waals surface area contributed by atoms with Gasteiger partial charge in [0, 0.05) is 16.3 Å². The van der Waals surface area contributed by atoms with Crippen molar-refractivity contribution in [2.24, 2.45) is 5.92 Å². The molecule has 0 bridgehead atoms. The Morgan fingerprint density at radius 1 is 1.40 bits per heavy atom. The number of halogens is 1. The van der Waals surface area contributed by atoms with Crippen LogP contribution < -0.4 is 0 Å². The quantitative estimate of drug-likeness (QED) is 0.740. The second kappa shape index (κ2) is 3.38. The van der Waals surface area contributed by atoms with Crippen molar-refractivity contribution in [2.45, 2.75) is 19.3 Å². The number of fused-ring (bicyclic) bond motifs is 1. The number of hydrogen-bond acceptors (Lipinski definition) is 1. The van der Waals surface area contributed by atoms with Gasteiger partial charge in [-0.3, -0.25) is 0 Å². The fourth-order valence-electron chi connectivity index (χ4n) is 2.42. The van der Waals surface area contributed by atoms with E-state index in [0.717, 1.165) is 22.6 Å². The molecule has 2 aromatic rings. The summed E-state index contributed by atoms with van der Waals surface area (Å²) in [7, 11) is 0. The number of hydrogen-bond donors (Lipinski definition) is 0. The first-order valence-corrected chi connectivity index (χ1v) is 6.47. The minimum atomic E-state index is 0.716. The fraction of sp³-hybridized carbons (Fsp3) is 0.385. The minimum Gasteiger partial charge on any atom is -0.461 e. The Hall–Kier alpha value is -0.760. The van der Waals surface area contributed by atoms with Crippen molar-refractivity contribution in [3.63, 3.8) is 0 Å². The molecule has 0 spiro atoms. The molecule has 1 aliphatic rings. The van der Waals surface area contributed by atoms with Gasteiger partial charge in [0.25, 0.3) is 0 Å². The third-order valence-corrected chi connectivity index (χ3v) is 4.14. The van der Waals surface area contributed by atoms with Crippen LogP contribution in [-0.2, 0) is 0 Å². The third kappa shape index (κ3) is 1.43. The van der Waals surface area contributed by atoms with Crippen molar-refractivity contribution < 1.29 is 4.42 Å². The van der Waals surface area contributed by atoms with Crippen LogP contribution in [0.25, 0.3) is 11.0 Å². The molecule has 15 heavy (non-hydrogen) atoms. The molecule has 1 aromatic carbocycles. The molecule has 0 saturated heterocycles. The fourth-order valence-corrected chi connectivity index (χ4v) is 3.14. The molecule has 1 saturated carbocycles. The summed E-state index contributed by atoms with van der Waals surface area (Å²) in [5.74, 6) is 2.63. The maximum absolute atomic E-state index is 5.78. The average molecular weight is 265 g/mol. The van der Waals surface area contributed by atoms with E-state index in [2.05, 4.69) is 41.1 Å². The van der Waals surface area contributed by atoms with E-state index in [1.165, 1.54) is 17.4 Å². The maximum atomic E-state index is 5.78. The highest BCUT2D eigenvalue weighted by atomic mass is 79.9. The van der Waals surface area contributed by atoms with E-state index < -0.39 is 0 Å². The molecule has 1 aliphatic carbocycles. The Balaban J connectivity index is 2.13. The van der Waals surface area contributed by atoms with E-state index in [9.17, 15) is 0 Å². The van der Waals surface area contributed by atoms with E-state index >= 15 is 0 Å². The molecule has 2 unspecified atom stereocenters. The Morgan fingerprint density at radius 3 is 2.93 bits per heavy atom. The van der Waals surface area contributed by atoms with Crippen molar-refractivity contribution in [3.05, 3.63) is 35.6 Å². The van der Waals surface area contributed by atoms with Crippen LogP contribution in [0.5, 0.6) is 0 Å². The molecular weight excluding hydrogens is 252 g/mol. The van der Waals surface area contributed by atoms with Crippen LogP contribution in [0.15, 0.2) is 28.7 Å². The summed E-state index contributed by atoms with van der Waals surface area (Å²) in [5.41, 5.74) is 2.47. The van der Waals surface area contributed by atoms with Gasteiger partial charge in [-0.2, -0.15) is 0 Å². The van der Waals surface area contributed by atoms with Crippen molar-refractivity contribution in [1.29, 1.82) is 0 Å². The lowest BCUT2D eigenvalue weighted by Crippen LogP contribution is -1.85. The van der Waals surface area contributed by atoms with Crippen molar-refractivity contribution >= 4 is 26.9 Å². The number of rotatable bonds is 2. The lowest BCUT2D eigenvalue weighted by molar-refractivity contribution is 0.571. The average Bonchev–Trinajstić information content (AvgIpc) is 2.93. The van der Waals surface area contributed by atoms with Gasteiger partial charge in [-0.25, -0.2) is 0 Å². The van der Waals surface area contributed by atoms with E-state index in [4.69, 9.17) is 4.42 Å². The monoisotopic (exact) mass is 264 g/mol. The third-order valence-electron chi connectivity index (χ3n) is 3.31. The summed E-state index contributed by atoms with van der Waals surface area (Å²) in [6.45, 7) is 2.08. The predicted octanol–water partition coefficient (Wildman–Crippen LogP) is 4.24. The van der Waals surface area contributed by atoms with Crippen LogP contribution in [0.3, 0.4) is 0 Å².